The molecular weight excluding hydrogens is 384 g/mol. The summed E-state index contributed by atoms with van der Waals surface area (Å²) in [6.45, 7) is 0. The molecule has 1 heterocycles. The van der Waals surface area contributed by atoms with Gasteiger partial charge in [0, 0.05) is 11.3 Å². The first-order chi connectivity index (χ1) is 14.6. The van der Waals surface area contributed by atoms with Crippen LogP contribution in [0.4, 0.5) is 5.69 Å². The Morgan fingerprint density at radius 3 is 2.40 bits per heavy atom. The molecule has 1 amide bonds. The van der Waals surface area contributed by atoms with Crippen LogP contribution < -0.4 is 19.5 Å². The van der Waals surface area contributed by atoms with Crippen molar-refractivity contribution in [2.75, 3.05) is 26.6 Å². The van der Waals surface area contributed by atoms with E-state index in [0.717, 1.165) is 5.56 Å². The molecule has 152 valence electrons. The predicted octanol–water partition coefficient (Wildman–Crippen LogP) is 4.77. The van der Waals surface area contributed by atoms with Crippen LogP contribution in [0.5, 0.6) is 17.2 Å². The number of anilines is 1. The normalized spacial score (nSPS) is 10.6. The summed E-state index contributed by atoms with van der Waals surface area (Å²) in [5.41, 5.74) is 3.04. The molecule has 7 nitrogen and oxygen atoms in total. The Balaban J connectivity index is 1.62. The van der Waals surface area contributed by atoms with E-state index in [1.54, 1.807) is 62.8 Å². The Morgan fingerprint density at radius 1 is 0.867 bits per heavy atom. The van der Waals surface area contributed by atoms with Crippen molar-refractivity contribution in [3.8, 4) is 28.7 Å². The van der Waals surface area contributed by atoms with Crippen LogP contribution in [-0.4, -0.2) is 32.2 Å². The maximum atomic E-state index is 12.6. The van der Waals surface area contributed by atoms with Gasteiger partial charge in [0.15, 0.2) is 17.1 Å². The Kier molecular flexibility index (Phi) is 5.26. The number of oxazole rings is 1. The van der Waals surface area contributed by atoms with E-state index in [1.807, 2.05) is 12.1 Å². The zero-order chi connectivity index (χ0) is 21.1. The first-order valence-corrected chi connectivity index (χ1v) is 9.20. The lowest BCUT2D eigenvalue weighted by Crippen LogP contribution is -2.13. The van der Waals surface area contributed by atoms with Gasteiger partial charge in [-0.05, 0) is 48.5 Å². The number of fused-ring (bicyclic) bond motifs is 1. The lowest BCUT2D eigenvalue weighted by Gasteiger charge is -2.08. The number of rotatable bonds is 6. The van der Waals surface area contributed by atoms with E-state index in [-0.39, 0.29) is 5.91 Å². The minimum atomic E-state index is -0.268. The summed E-state index contributed by atoms with van der Waals surface area (Å²) in [6.07, 6.45) is 0. The highest BCUT2D eigenvalue weighted by Gasteiger charge is 2.15. The molecule has 4 aromatic rings. The second-order valence-corrected chi connectivity index (χ2v) is 6.43. The summed E-state index contributed by atoms with van der Waals surface area (Å²) in [4.78, 5) is 17.2. The van der Waals surface area contributed by atoms with Crippen LogP contribution in [0.2, 0.25) is 0 Å². The predicted molar refractivity (Wildman–Crippen MR) is 113 cm³/mol. The number of amides is 1. The third-order valence-electron chi connectivity index (χ3n) is 4.63. The number of nitrogens with zero attached hydrogens (tertiary/aromatic N) is 1. The molecular formula is C23H20N2O5. The molecule has 0 fully saturated rings. The molecule has 7 heteroatoms. The van der Waals surface area contributed by atoms with Gasteiger partial charge in [0.25, 0.3) is 5.91 Å². The van der Waals surface area contributed by atoms with Crippen molar-refractivity contribution in [2.24, 2.45) is 0 Å². The molecule has 1 aromatic heterocycles. The highest BCUT2D eigenvalue weighted by Crippen LogP contribution is 2.33. The van der Waals surface area contributed by atoms with Gasteiger partial charge in [0.2, 0.25) is 5.89 Å². The van der Waals surface area contributed by atoms with E-state index in [4.69, 9.17) is 18.6 Å². The van der Waals surface area contributed by atoms with Gasteiger partial charge in [-0.15, -0.1) is 0 Å². The Labute approximate surface area is 173 Å². The Morgan fingerprint density at radius 2 is 1.63 bits per heavy atom. The molecule has 30 heavy (non-hydrogen) atoms. The second kappa shape index (κ2) is 8.16. The summed E-state index contributed by atoms with van der Waals surface area (Å²) >= 11 is 0. The van der Waals surface area contributed by atoms with Crippen LogP contribution in [0, 0.1) is 0 Å². The van der Waals surface area contributed by atoms with Gasteiger partial charge in [0.05, 0.1) is 26.9 Å². The van der Waals surface area contributed by atoms with E-state index in [9.17, 15) is 4.79 Å². The number of nitrogens with one attached hydrogen (secondary N) is 1. The zero-order valence-corrected chi connectivity index (χ0v) is 16.8. The number of carbonyl (C=O) groups is 1. The summed E-state index contributed by atoms with van der Waals surface area (Å²) in [5.74, 6) is 1.89. The molecule has 0 aliphatic rings. The SMILES string of the molecule is COc1ccc(-c2nc3cc(NC(=O)c4ccccc4OC)ccc3o2)cc1OC. The third kappa shape index (κ3) is 3.65. The third-order valence-corrected chi connectivity index (χ3v) is 4.63. The van der Waals surface area contributed by atoms with Crippen molar-refractivity contribution < 1.29 is 23.4 Å². The number of benzene rings is 3. The minimum Gasteiger partial charge on any atom is -0.496 e. The first kappa shape index (κ1) is 19.3. The van der Waals surface area contributed by atoms with E-state index in [1.165, 1.54) is 7.11 Å². The number of methoxy groups -OCH3 is 3. The molecule has 0 saturated heterocycles. The highest BCUT2D eigenvalue weighted by atomic mass is 16.5. The van der Waals surface area contributed by atoms with Gasteiger partial charge >= 0.3 is 0 Å². The number of hydrogen-bond acceptors (Lipinski definition) is 6. The van der Waals surface area contributed by atoms with E-state index < -0.39 is 0 Å². The fraction of sp³-hybridized carbons (Fsp3) is 0.130. The molecule has 0 spiro atoms. The van der Waals surface area contributed by atoms with Crippen molar-refractivity contribution in [1.29, 1.82) is 0 Å². The topological polar surface area (TPSA) is 82.8 Å². The standard InChI is InChI=1S/C23H20N2O5/c1-27-18-7-5-4-6-16(18)22(26)24-15-9-11-19-17(13-15)25-23(30-19)14-8-10-20(28-2)21(12-14)29-3/h4-13H,1-3H3,(H,24,26). The number of aromatic nitrogens is 1. The molecule has 4 rings (SSSR count). The summed E-state index contributed by atoms with van der Waals surface area (Å²) in [7, 11) is 4.69. The lowest BCUT2D eigenvalue weighted by molar-refractivity contribution is 0.102. The summed E-state index contributed by atoms with van der Waals surface area (Å²) in [5, 5.41) is 2.87. The molecule has 0 saturated carbocycles. The van der Waals surface area contributed by atoms with E-state index >= 15 is 0 Å². The van der Waals surface area contributed by atoms with Gasteiger partial charge < -0.3 is 23.9 Å². The molecule has 0 aliphatic carbocycles. The van der Waals surface area contributed by atoms with Crippen LogP contribution >= 0.6 is 0 Å². The molecule has 0 radical (unpaired) electrons. The van der Waals surface area contributed by atoms with E-state index in [2.05, 4.69) is 10.3 Å². The van der Waals surface area contributed by atoms with Crippen LogP contribution in [0.15, 0.2) is 65.1 Å². The van der Waals surface area contributed by atoms with Crippen molar-refractivity contribution in [3.05, 3.63) is 66.2 Å². The van der Waals surface area contributed by atoms with Crippen molar-refractivity contribution in [2.45, 2.75) is 0 Å². The van der Waals surface area contributed by atoms with Crippen molar-refractivity contribution in [3.63, 3.8) is 0 Å². The zero-order valence-electron chi connectivity index (χ0n) is 16.8. The molecule has 0 aliphatic heterocycles. The Hall–Kier alpha value is -4.00. The molecule has 0 unspecified atom stereocenters. The lowest BCUT2D eigenvalue weighted by atomic mass is 10.2. The Bertz CT molecular complexity index is 1220. The molecule has 0 bridgehead atoms. The van der Waals surface area contributed by atoms with Gasteiger partial charge in [-0.25, -0.2) is 4.98 Å². The molecule has 1 N–H and O–H groups in total. The number of ether oxygens (including phenoxy) is 3. The van der Waals surface area contributed by atoms with Crippen LogP contribution in [0.1, 0.15) is 10.4 Å². The maximum Gasteiger partial charge on any atom is 0.259 e. The molecule has 3 aromatic carbocycles. The number of carbonyl (C=O) groups excluding carboxylic acids is 1. The largest absolute Gasteiger partial charge is 0.496 e. The summed E-state index contributed by atoms with van der Waals surface area (Å²) in [6, 6.07) is 17.8. The van der Waals surface area contributed by atoms with Crippen molar-refractivity contribution in [1.82, 2.24) is 4.98 Å². The summed E-state index contributed by atoms with van der Waals surface area (Å²) < 4.78 is 21.7. The van der Waals surface area contributed by atoms with E-state index in [0.29, 0.717) is 45.5 Å². The smallest absolute Gasteiger partial charge is 0.259 e. The number of hydrogen-bond donors (Lipinski definition) is 1. The monoisotopic (exact) mass is 404 g/mol. The molecule has 0 atom stereocenters. The minimum absolute atomic E-state index is 0.268. The highest BCUT2D eigenvalue weighted by molar-refractivity contribution is 6.06. The average Bonchev–Trinajstić information content (AvgIpc) is 3.22. The average molecular weight is 404 g/mol. The van der Waals surface area contributed by atoms with Gasteiger partial charge in [-0.1, -0.05) is 12.1 Å². The van der Waals surface area contributed by atoms with Gasteiger partial charge in [0.1, 0.15) is 11.3 Å². The first-order valence-electron chi connectivity index (χ1n) is 9.20. The van der Waals surface area contributed by atoms with Gasteiger partial charge in [-0.2, -0.15) is 0 Å². The van der Waals surface area contributed by atoms with Crippen LogP contribution in [0.25, 0.3) is 22.6 Å². The van der Waals surface area contributed by atoms with Crippen LogP contribution in [0.3, 0.4) is 0 Å². The van der Waals surface area contributed by atoms with Crippen LogP contribution in [-0.2, 0) is 0 Å². The second-order valence-electron chi connectivity index (χ2n) is 6.43. The van der Waals surface area contributed by atoms with Gasteiger partial charge in [-0.3, -0.25) is 4.79 Å². The fourth-order valence-electron chi connectivity index (χ4n) is 3.13. The quantitative estimate of drug-likeness (QED) is 0.498. The van der Waals surface area contributed by atoms with Crippen molar-refractivity contribution >= 4 is 22.7 Å². The fourth-order valence-corrected chi connectivity index (χ4v) is 3.13. The maximum absolute atomic E-state index is 12.6. The number of para-hydroxylation sites is 1.